The lowest BCUT2D eigenvalue weighted by molar-refractivity contribution is -0.144. The van der Waals surface area contributed by atoms with Gasteiger partial charge in [0.2, 0.25) is 0 Å². The quantitative estimate of drug-likeness (QED) is 0.361. The second kappa shape index (κ2) is 9.33. The maximum Gasteiger partial charge on any atom is 0.435 e. The van der Waals surface area contributed by atoms with Crippen LogP contribution < -0.4 is 5.32 Å². The minimum Gasteiger partial charge on any atom is -0.385 e. The Bertz CT molecular complexity index is 1420. The zero-order valence-corrected chi connectivity index (χ0v) is 21.9. The number of aryl methyl sites for hydroxylation is 1. The van der Waals surface area contributed by atoms with E-state index in [2.05, 4.69) is 15.4 Å². The third-order valence-electron chi connectivity index (χ3n) is 8.74. The Morgan fingerprint density at radius 3 is 2.49 bits per heavy atom. The van der Waals surface area contributed by atoms with Crippen molar-refractivity contribution in [1.82, 2.24) is 19.3 Å². The highest BCUT2D eigenvalue weighted by Gasteiger charge is 2.54. The molecule has 2 heterocycles. The highest BCUT2D eigenvalue weighted by atomic mass is 35.5. The van der Waals surface area contributed by atoms with Crippen molar-refractivity contribution < 1.29 is 27.5 Å². The fourth-order valence-corrected chi connectivity index (χ4v) is 6.85. The fourth-order valence-electron chi connectivity index (χ4n) is 6.67. The van der Waals surface area contributed by atoms with E-state index in [1.165, 1.54) is 29.1 Å². The zero-order chi connectivity index (χ0) is 27.7. The van der Waals surface area contributed by atoms with E-state index in [9.17, 15) is 27.5 Å². The molecule has 0 aliphatic heterocycles. The van der Waals surface area contributed by atoms with Crippen molar-refractivity contribution in [1.29, 1.82) is 0 Å². The Balaban J connectivity index is 1.20. The molecule has 0 saturated heterocycles. The summed E-state index contributed by atoms with van der Waals surface area (Å²) in [6.45, 7) is 0. The number of nitrogens with zero attached hydrogens (tertiary/aromatic N) is 4. The molecule has 2 atom stereocenters. The van der Waals surface area contributed by atoms with Crippen LogP contribution in [-0.4, -0.2) is 30.3 Å². The molecule has 3 fully saturated rings. The summed E-state index contributed by atoms with van der Waals surface area (Å²) in [6.07, 6.45) is 2.47. The van der Waals surface area contributed by atoms with E-state index in [4.69, 9.17) is 11.6 Å². The minimum atomic E-state index is -4.65. The van der Waals surface area contributed by atoms with Crippen molar-refractivity contribution in [2.45, 2.75) is 68.7 Å². The summed E-state index contributed by atoms with van der Waals surface area (Å²) >= 11 is 5.84. The van der Waals surface area contributed by atoms with Gasteiger partial charge in [0.15, 0.2) is 5.69 Å². The molecule has 2 aromatic heterocycles. The summed E-state index contributed by atoms with van der Waals surface area (Å²) in [7, 11) is 1.70. The van der Waals surface area contributed by atoms with Gasteiger partial charge in [0.1, 0.15) is 11.5 Å². The van der Waals surface area contributed by atoms with Gasteiger partial charge >= 0.3 is 6.18 Å². The summed E-state index contributed by atoms with van der Waals surface area (Å²) in [5.74, 6) is -1.11. The number of halogens is 5. The molecule has 1 amide bonds. The van der Waals surface area contributed by atoms with E-state index in [0.29, 0.717) is 29.9 Å². The van der Waals surface area contributed by atoms with Gasteiger partial charge in [-0.1, -0.05) is 11.6 Å². The third-order valence-corrected chi connectivity index (χ3v) is 9.03. The predicted molar refractivity (Wildman–Crippen MR) is 135 cm³/mol. The lowest BCUT2D eigenvalue weighted by Gasteiger charge is -2.26. The van der Waals surface area contributed by atoms with Crippen molar-refractivity contribution in [2.24, 2.45) is 18.9 Å². The highest BCUT2D eigenvalue weighted by Crippen LogP contribution is 2.58. The number of imidazole rings is 1. The number of nitrogens with one attached hydrogen (secondary N) is 1. The number of aliphatic hydroxyl groups is 1. The number of aromatic nitrogens is 4. The summed E-state index contributed by atoms with van der Waals surface area (Å²) in [5, 5.41) is 18.0. The van der Waals surface area contributed by atoms with E-state index in [1.807, 2.05) is 0 Å². The molecule has 0 radical (unpaired) electrons. The molecule has 0 bridgehead atoms. The van der Waals surface area contributed by atoms with Gasteiger partial charge in [0.25, 0.3) is 5.91 Å². The number of carbonyl (C=O) groups is 1. The molecule has 3 aliphatic rings. The van der Waals surface area contributed by atoms with Crippen LogP contribution in [0.5, 0.6) is 0 Å². The van der Waals surface area contributed by atoms with Crippen molar-refractivity contribution in [2.75, 3.05) is 5.32 Å². The van der Waals surface area contributed by atoms with Gasteiger partial charge < -0.3 is 15.0 Å². The van der Waals surface area contributed by atoms with Gasteiger partial charge in [-0.3, -0.25) is 9.48 Å². The van der Waals surface area contributed by atoms with E-state index >= 15 is 0 Å². The fraction of sp³-hybridized carbons (Fsp3) is 0.519. The van der Waals surface area contributed by atoms with Crippen LogP contribution in [0.4, 0.5) is 23.2 Å². The van der Waals surface area contributed by atoms with E-state index in [1.54, 1.807) is 17.9 Å². The summed E-state index contributed by atoms with van der Waals surface area (Å²) in [6, 6.07) is 3.86. The van der Waals surface area contributed by atoms with E-state index in [-0.39, 0.29) is 47.2 Å². The van der Waals surface area contributed by atoms with Gasteiger partial charge in [-0.25, -0.2) is 9.37 Å². The monoisotopic (exact) mass is 565 g/mol. The van der Waals surface area contributed by atoms with Crippen molar-refractivity contribution in [3.8, 4) is 0 Å². The van der Waals surface area contributed by atoms with Crippen LogP contribution in [0.3, 0.4) is 0 Å². The topological polar surface area (TPSA) is 85.0 Å². The van der Waals surface area contributed by atoms with Gasteiger partial charge in [-0.2, -0.15) is 18.3 Å². The molecular weight excluding hydrogens is 538 g/mol. The first-order chi connectivity index (χ1) is 18.4. The maximum absolute atomic E-state index is 13.9. The molecule has 3 aromatic rings. The maximum atomic E-state index is 13.9. The first kappa shape index (κ1) is 26.3. The van der Waals surface area contributed by atoms with Crippen LogP contribution in [0.2, 0.25) is 5.02 Å². The van der Waals surface area contributed by atoms with Gasteiger partial charge in [0, 0.05) is 30.4 Å². The molecule has 7 nitrogen and oxygen atoms in total. The molecule has 6 rings (SSSR count). The number of fused-ring (bicyclic) bond motifs is 1. The summed E-state index contributed by atoms with van der Waals surface area (Å²) < 4.78 is 58.2. The number of hydrogen-bond acceptors (Lipinski definition) is 4. The van der Waals surface area contributed by atoms with Crippen LogP contribution >= 0.6 is 11.6 Å². The lowest BCUT2D eigenvalue weighted by Crippen LogP contribution is -2.26. The smallest absolute Gasteiger partial charge is 0.385 e. The van der Waals surface area contributed by atoms with Crippen molar-refractivity contribution in [3.05, 3.63) is 64.2 Å². The predicted octanol–water partition coefficient (Wildman–Crippen LogP) is 6.20. The number of hydrogen-bond donors (Lipinski definition) is 2. The Morgan fingerprint density at radius 1 is 1.21 bits per heavy atom. The van der Waals surface area contributed by atoms with E-state index in [0.717, 1.165) is 19.3 Å². The molecule has 1 aromatic carbocycles. The minimum absolute atomic E-state index is 0.0121. The Hall–Kier alpha value is -2.92. The van der Waals surface area contributed by atoms with Crippen LogP contribution in [0.15, 0.2) is 30.7 Å². The van der Waals surface area contributed by atoms with Crippen LogP contribution in [-0.2, 0) is 18.8 Å². The highest BCUT2D eigenvalue weighted by molar-refractivity contribution is 6.31. The lowest BCUT2D eigenvalue weighted by atomic mass is 9.87. The molecule has 3 saturated carbocycles. The van der Waals surface area contributed by atoms with Crippen molar-refractivity contribution in [3.63, 3.8) is 0 Å². The second-order valence-electron chi connectivity index (χ2n) is 11.3. The molecule has 2 unspecified atom stereocenters. The second-order valence-corrected chi connectivity index (χ2v) is 11.7. The normalized spacial score (nSPS) is 27.0. The number of benzene rings is 1. The molecular formula is C27H28ClF4N5O2. The number of rotatable bonds is 5. The molecule has 208 valence electrons. The summed E-state index contributed by atoms with van der Waals surface area (Å²) in [5.41, 5.74) is -1.40. The third kappa shape index (κ3) is 4.63. The number of carbonyl (C=O) groups excluding carboxylic acids is 1. The molecule has 12 heteroatoms. The molecule has 2 N–H and O–H groups in total. The van der Waals surface area contributed by atoms with Crippen LogP contribution in [0, 0.1) is 17.7 Å². The SMILES string of the molecule is Cn1cnc(C2CC3CC(O)(c4cn(C5CCC5)nc4C(F)(F)F)CC3C2)c1C(=O)Nc1ccc(F)c(Cl)c1. The van der Waals surface area contributed by atoms with Crippen LogP contribution in [0.25, 0.3) is 0 Å². The Labute approximate surface area is 227 Å². The van der Waals surface area contributed by atoms with Gasteiger partial charge in [0.05, 0.1) is 28.7 Å². The van der Waals surface area contributed by atoms with Gasteiger partial charge in [-0.05, 0) is 75.0 Å². The Kier molecular flexibility index (Phi) is 6.29. The number of amides is 1. The first-order valence-corrected chi connectivity index (χ1v) is 13.5. The average molecular weight is 566 g/mol. The van der Waals surface area contributed by atoms with Gasteiger partial charge in [-0.15, -0.1) is 0 Å². The number of alkyl halides is 3. The summed E-state index contributed by atoms with van der Waals surface area (Å²) in [4.78, 5) is 17.6. The molecule has 0 spiro atoms. The van der Waals surface area contributed by atoms with Crippen molar-refractivity contribution >= 4 is 23.2 Å². The molecule has 39 heavy (non-hydrogen) atoms. The van der Waals surface area contributed by atoms with Crippen LogP contribution in [0.1, 0.15) is 84.3 Å². The zero-order valence-electron chi connectivity index (χ0n) is 21.2. The standard InChI is InChI=1S/C27H28ClF4N5O2/c1-36-13-33-22(23(36)25(38)34-17-5-6-21(29)20(28)9-17)14-7-15-10-26(39,11-16(15)8-14)19-12-37(18-3-2-4-18)35-24(19)27(30,31)32/h5-6,9,12-16,18,39H,2-4,7-8,10-11H2,1H3,(H,34,38). The number of anilines is 1. The largest absolute Gasteiger partial charge is 0.435 e. The average Bonchev–Trinajstić information content (AvgIpc) is 3.56. The first-order valence-electron chi connectivity index (χ1n) is 13.1. The molecule has 3 aliphatic carbocycles. The van der Waals surface area contributed by atoms with E-state index < -0.39 is 29.2 Å². The Morgan fingerprint density at radius 2 is 1.90 bits per heavy atom.